The highest BCUT2D eigenvalue weighted by Crippen LogP contribution is 2.53. The quantitative estimate of drug-likeness (QED) is 0.443. The van der Waals surface area contributed by atoms with E-state index in [1.54, 1.807) is 0 Å². The fourth-order valence-electron chi connectivity index (χ4n) is 3.75. The Labute approximate surface area is 184 Å². The highest BCUT2D eigenvalue weighted by molar-refractivity contribution is 8.18. The molecule has 0 amide bonds. The van der Waals surface area contributed by atoms with Crippen molar-refractivity contribution in [2.45, 2.75) is 55.5 Å². The van der Waals surface area contributed by atoms with Gasteiger partial charge >= 0.3 is 0 Å². The van der Waals surface area contributed by atoms with E-state index in [0.29, 0.717) is 13.0 Å². The van der Waals surface area contributed by atoms with E-state index in [0.717, 1.165) is 35.5 Å². The standard InChI is InChI=1S/C25H32O2S2/c1-20(2)16-24(27-19-21-10-5-3-6-11-21)17-23(26)18-25(28-14-9-15-29-25)22-12-7-4-8-13-22/h3-8,10-13,23-24,26H,1,9,14-19H2,2H3/t23-,24+/m1/s1. The van der Waals surface area contributed by atoms with Gasteiger partial charge in [-0.1, -0.05) is 66.2 Å². The fourth-order valence-corrected chi connectivity index (χ4v) is 7.23. The molecule has 1 fully saturated rings. The third-order valence-corrected chi connectivity index (χ3v) is 8.55. The van der Waals surface area contributed by atoms with E-state index in [4.69, 9.17) is 4.74 Å². The number of benzene rings is 2. The lowest BCUT2D eigenvalue weighted by molar-refractivity contribution is 0.00200. The van der Waals surface area contributed by atoms with Gasteiger partial charge in [0.2, 0.25) is 0 Å². The van der Waals surface area contributed by atoms with Crippen LogP contribution in [0.5, 0.6) is 0 Å². The van der Waals surface area contributed by atoms with E-state index >= 15 is 0 Å². The van der Waals surface area contributed by atoms with Crippen molar-refractivity contribution in [1.82, 2.24) is 0 Å². The Balaban J connectivity index is 1.65. The average Bonchev–Trinajstić information content (AvgIpc) is 2.73. The first-order valence-electron chi connectivity index (χ1n) is 10.4. The van der Waals surface area contributed by atoms with E-state index in [1.807, 2.05) is 48.6 Å². The summed E-state index contributed by atoms with van der Waals surface area (Å²) in [5.41, 5.74) is 3.57. The number of aliphatic hydroxyl groups excluding tert-OH is 1. The summed E-state index contributed by atoms with van der Waals surface area (Å²) in [6.45, 7) is 6.66. The predicted octanol–water partition coefficient (Wildman–Crippen LogP) is 6.40. The Morgan fingerprint density at radius 1 is 1.07 bits per heavy atom. The lowest BCUT2D eigenvalue weighted by atomic mass is 9.99. The second kappa shape index (κ2) is 11.3. The van der Waals surface area contributed by atoms with E-state index < -0.39 is 6.10 Å². The molecule has 2 atom stereocenters. The summed E-state index contributed by atoms with van der Waals surface area (Å²) < 4.78 is 6.14. The molecule has 2 aromatic carbocycles. The summed E-state index contributed by atoms with van der Waals surface area (Å²) in [5, 5.41) is 11.1. The molecule has 4 heteroatoms. The van der Waals surface area contributed by atoms with Gasteiger partial charge in [-0.25, -0.2) is 0 Å². The first-order valence-corrected chi connectivity index (χ1v) is 12.4. The molecule has 1 heterocycles. The molecule has 0 spiro atoms. The van der Waals surface area contributed by atoms with Crippen LogP contribution in [0.4, 0.5) is 0 Å². The van der Waals surface area contributed by atoms with Crippen LogP contribution in [0, 0.1) is 0 Å². The molecule has 1 aliphatic rings. The van der Waals surface area contributed by atoms with Crippen LogP contribution in [0.1, 0.15) is 43.7 Å². The molecule has 3 rings (SSSR count). The smallest absolute Gasteiger partial charge is 0.0884 e. The summed E-state index contributed by atoms with van der Waals surface area (Å²) in [6, 6.07) is 20.9. The third-order valence-electron chi connectivity index (χ3n) is 5.12. The van der Waals surface area contributed by atoms with E-state index in [1.165, 1.54) is 12.0 Å². The molecule has 29 heavy (non-hydrogen) atoms. The van der Waals surface area contributed by atoms with Gasteiger partial charge in [0.25, 0.3) is 0 Å². The molecular weight excluding hydrogens is 396 g/mol. The molecule has 0 aromatic heterocycles. The van der Waals surface area contributed by atoms with E-state index in [-0.39, 0.29) is 10.2 Å². The summed E-state index contributed by atoms with van der Waals surface area (Å²) in [4.78, 5) is 0. The lowest BCUT2D eigenvalue weighted by Crippen LogP contribution is -2.31. The zero-order chi connectivity index (χ0) is 20.5. The van der Waals surface area contributed by atoms with Crippen LogP contribution in [0.2, 0.25) is 0 Å². The number of ether oxygens (including phenoxy) is 1. The number of rotatable bonds is 10. The zero-order valence-corrected chi connectivity index (χ0v) is 18.9. The minimum absolute atomic E-state index is 0.0193. The molecule has 0 aliphatic carbocycles. The maximum absolute atomic E-state index is 11.1. The summed E-state index contributed by atoms with van der Waals surface area (Å²) >= 11 is 3.98. The van der Waals surface area contributed by atoms with Crippen LogP contribution in [0.15, 0.2) is 72.8 Å². The minimum Gasteiger partial charge on any atom is -0.393 e. The third kappa shape index (κ3) is 6.92. The van der Waals surface area contributed by atoms with Crippen molar-refractivity contribution in [3.63, 3.8) is 0 Å². The maximum Gasteiger partial charge on any atom is 0.0884 e. The summed E-state index contributed by atoms with van der Waals surface area (Å²) in [5.74, 6) is 2.29. The van der Waals surface area contributed by atoms with Crippen LogP contribution in [0.25, 0.3) is 0 Å². The molecule has 0 bridgehead atoms. The highest BCUT2D eigenvalue weighted by atomic mass is 32.2. The molecule has 2 aromatic rings. The summed E-state index contributed by atoms with van der Waals surface area (Å²) in [7, 11) is 0. The lowest BCUT2D eigenvalue weighted by Gasteiger charge is -2.38. The predicted molar refractivity (Wildman–Crippen MR) is 127 cm³/mol. The van der Waals surface area contributed by atoms with Crippen molar-refractivity contribution in [2.75, 3.05) is 11.5 Å². The largest absolute Gasteiger partial charge is 0.393 e. The SMILES string of the molecule is C=C(C)C[C@@H](C[C@@H](O)CC1(c2ccccc2)SCCCS1)OCc1ccccc1. The molecule has 0 saturated carbocycles. The van der Waals surface area contributed by atoms with Gasteiger partial charge in [-0.05, 0) is 48.8 Å². The molecule has 1 saturated heterocycles. The Kier molecular flexibility index (Phi) is 8.73. The number of aliphatic hydroxyl groups is 1. The number of thioether (sulfide) groups is 2. The second-order valence-electron chi connectivity index (χ2n) is 7.84. The molecule has 1 aliphatic heterocycles. The fraction of sp³-hybridized carbons (Fsp3) is 0.440. The minimum atomic E-state index is -0.409. The van der Waals surface area contributed by atoms with Gasteiger partial charge in [-0.3, -0.25) is 0 Å². The Morgan fingerprint density at radius 2 is 1.69 bits per heavy atom. The van der Waals surface area contributed by atoms with Gasteiger partial charge in [-0.15, -0.1) is 30.1 Å². The van der Waals surface area contributed by atoms with Crippen molar-refractivity contribution in [3.8, 4) is 0 Å². The Hall–Kier alpha value is -1.20. The first kappa shape index (κ1) is 22.5. The van der Waals surface area contributed by atoms with Crippen molar-refractivity contribution >= 4 is 23.5 Å². The Morgan fingerprint density at radius 3 is 2.31 bits per heavy atom. The topological polar surface area (TPSA) is 29.5 Å². The Bertz CT molecular complexity index is 742. The maximum atomic E-state index is 11.1. The van der Waals surface area contributed by atoms with Gasteiger partial charge in [0.15, 0.2) is 0 Å². The molecular formula is C25H32O2S2. The van der Waals surface area contributed by atoms with Crippen LogP contribution in [0.3, 0.4) is 0 Å². The average molecular weight is 429 g/mol. The molecule has 1 N–H and O–H groups in total. The van der Waals surface area contributed by atoms with E-state index in [2.05, 4.69) is 49.0 Å². The van der Waals surface area contributed by atoms with Crippen molar-refractivity contribution < 1.29 is 9.84 Å². The molecule has 156 valence electrons. The second-order valence-corrected chi connectivity index (χ2v) is 10.9. The van der Waals surface area contributed by atoms with Crippen LogP contribution in [-0.4, -0.2) is 28.8 Å². The van der Waals surface area contributed by atoms with Crippen LogP contribution < -0.4 is 0 Å². The van der Waals surface area contributed by atoms with Gasteiger partial charge in [0, 0.05) is 6.42 Å². The number of hydrogen-bond acceptors (Lipinski definition) is 4. The monoisotopic (exact) mass is 428 g/mol. The van der Waals surface area contributed by atoms with Gasteiger partial charge < -0.3 is 9.84 Å². The molecule has 2 nitrogen and oxygen atoms in total. The highest BCUT2D eigenvalue weighted by Gasteiger charge is 2.38. The van der Waals surface area contributed by atoms with Crippen molar-refractivity contribution in [2.24, 2.45) is 0 Å². The number of hydrogen-bond donors (Lipinski definition) is 1. The van der Waals surface area contributed by atoms with Gasteiger partial charge in [-0.2, -0.15) is 0 Å². The summed E-state index contributed by atoms with van der Waals surface area (Å²) in [6.07, 6.45) is 2.96. The van der Waals surface area contributed by atoms with Crippen LogP contribution in [-0.2, 0) is 15.4 Å². The molecule has 0 radical (unpaired) electrons. The van der Waals surface area contributed by atoms with Gasteiger partial charge in [0.1, 0.15) is 0 Å². The normalized spacial score (nSPS) is 18.1. The molecule has 0 unspecified atom stereocenters. The van der Waals surface area contributed by atoms with Crippen molar-refractivity contribution in [1.29, 1.82) is 0 Å². The first-order chi connectivity index (χ1) is 14.1. The zero-order valence-electron chi connectivity index (χ0n) is 17.3. The van der Waals surface area contributed by atoms with E-state index in [9.17, 15) is 5.11 Å². The van der Waals surface area contributed by atoms with Crippen LogP contribution >= 0.6 is 23.5 Å². The van der Waals surface area contributed by atoms with Crippen molar-refractivity contribution in [3.05, 3.63) is 83.9 Å². The van der Waals surface area contributed by atoms with Gasteiger partial charge in [0.05, 0.1) is 22.9 Å².